The molecule has 2 N–H and O–H groups in total. The van der Waals surface area contributed by atoms with E-state index in [9.17, 15) is 45.7 Å². The molecule has 2 aromatic carbocycles. The van der Waals surface area contributed by atoms with Crippen molar-refractivity contribution in [3.63, 3.8) is 0 Å². The van der Waals surface area contributed by atoms with Gasteiger partial charge in [0.1, 0.15) is 11.6 Å². The second kappa shape index (κ2) is 11.4. The largest absolute Gasteiger partial charge is 0.416 e. The molecule has 1 aliphatic heterocycles. The van der Waals surface area contributed by atoms with Crippen LogP contribution < -0.4 is 9.80 Å². The molecule has 2 atom stereocenters. The fourth-order valence-corrected chi connectivity index (χ4v) is 5.32. The van der Waals surface area contributed by atoms with Crippen molar-refractivity contribution in [2.45, 2.75) is 57.1 Å². The Bertz CT molecular complexity index is 1490. The van der Waals surface area contributed by atoms with Gasteiger partial charge in [0.15, 0.2) is 0 Å². The Kier molecular flexibility index (Phi) is 8.55. The molecule has 0 aliphatic carbocycles. The lowest BCUT2D eigenvalue weighted by Crippen LogP contribution is -2.42. The van der Waals surface area contributed by atoms with Crippen LogP contribution in [0.1, 0.15) is 42.5 Å². The number of alkyl halides is 6. The number of aliphatic hydroxyl groups is 2. The smallest absolute Gasteiger partial charge is 0.394 e. The molecule has 0 saturated carbocycles. The van der Waals surface area contributed by atoms with Crippen molar-refractivity contribution in [3.05, 3.63) is 76.7 Å². The highest BCUT2D eigenvalue weighted by molar-refractivity contribution is 6.03. The Morgan fingerprint density at radius 2 is 1.56 bits per heavy atom. The van der Waals surface area contributed by atoms with E-state index in [-0.39, 0.29) is 18.4 Å². The van der Waals surface area contributed by atoms with Crippen molar-refractivity contribution in [1.82, 2.24) is 4.98 Å². The maximum absolute atomic E-state index is 14.0. The van der Waals surface area contributed by atoms with Crippen LogP contribution in [0.4, 0.5) is 42.2 Å². The fourth-order valence-electron chi connectivity index (χ4n) is 5.32. The molecule has 13 heteroatoms. The molecule has 1 aromatic heterocycles. The lowest BCUT2D eigenvalue weighted by molar-refractivity contribution is -0.143. The number of carbonyl (C=O) groups is 1. The van der Waals surface area contributed by atoms with Crippen molar-refractivity contribution in [2.24, 2.45) is 0 Å². The average Bonchev–Trinajstić information content (AvgIpc) is 3.31. The molecule has 0 radical (unpaired) electrons. The Morgan fingerprint density at radius 1 is 0.977 bits per heavy atom. The summed E-state index contributed by atoms with van der Waals surface area (Å²) in [6, 6.07) is 5.93. The zero-order valence-corrected chi connectivity index (χ0v) is 23.7. The predicted molar refractivity (Wildman–Crippen MR) is 146 cm³/mol. The molecule has 0 unspecified atom stereocenters. The minimum Gasteiger partial charge on any atom is -0.394 e. The summed E-state index contributed by atoms with van der Waals surface area (Å²) in [7, 11) is 1.32. The van der Waals surface area contributed by atoms with Gasteiger partial charge in [0.2, 0.25) is 5.91 Å². The van der Waals surface area contributed by atoms with E-state index in [2.05, 4.69) is 4.98 Å². The summed E-state index contributed by atoms with van der Waals surface area (Å²) in [6.45, 7) is 4.08. The van der Waals surface area contributed by atoms with E-state index < -0.39 is 58.3 Å². The Labute approximate surface area is 243 Å². The van der Waals surface area contributed by atoms with E-state index in [1.807, 2.05) is 0 Å². The maximum Gasteiger partial charge on any atom is 0.416 e. The van der Waals surface area contributed by atoms with Gasteiger partial charge in [-0.05, 0) is 80.3 Å². The zero-order chi connectivity index (χ0) is 32.1. The van der Waals surface area contributed by atoms with Crippen LogP contribution in [0.25, 0.3) is 11.1 Å². The summed E-state index contributed by atoms with van der Waals surface area (Å²) in [5.74, 6) is -1.01. The third-order valence-corrected chi connectivity index (χ3v) is 7.85. The van der Waals surface area contributed by atoms with Gasteiger partial charge in [0, 0.05) is 19.2 Å². The number of aromatic nitrogens is 1. The molecule has 1 aliphatic rings. The van der Waals surface area contributed by atoms with Crippen molar-refractivity contribution < 1.29 is 45.7 Å². The van der Waals surface area contributed by atoms with Crippen LogP contribution in [-0.4, -0.2) is 53.4 Å². The lowest BCUT2D eigenvalue weighted by Gasteiger charge is -2.32. The molecule has 232 valence electrons. The standard InChI is InChI=1S/C30H30F7N3O3/c1-16-9-20(31)5-6-21(16)22-13-26(40-8-7-25(42)24(40)15-41)38-14-23(22)39(4)27(43)28(2,3)17-10-18(29(32,33)34)12-19(11-17)30(35,36)37/h5-6,9-14,24-25,41-42H,7-8,15H2,1-4H3/t24-,25+/m1/s1. The van der Waals surface area contributed by atoms with Crippen molar-refractivity contribution >= 4 is 17.4 Å². The van der Waals surface area contributed by atoms with Crippen LogP contribution in [0.5, 0.6) is 0 Å². The first-order valence-corrected chi connectivity index (χ1v) is 13.3. The van der Waals surface area contributed by atoms with Crippen LogP contribution in [0, 0.1) is 12.7 Å². The highest BCUT2D eigenvalue weighted by Gasteiger charge is 2.41. The number of nitrogens with zero attached hydrogens (tertiary/aromatic N) is 3. The van der Waals surface area contributed by atoms with Crippen LogP contribution in [-0.2, 0) is 22.6 Å². The summed E-state index contributed by atoms with van der Waals surface area (Å²) >= 11 is 0. The van der Waals surface area contributed by atoms with Crippen molar-refractivity contribution in [3.8, 4) is 11.1 Å². The number of hydrogen-bond donors (Lipinski definition) is 2. The molecule has 1 fully saturated rings. The normalized spacial score (nSPS) is 17.8. The van der Waals surface area contributed by atoms with Crippen molar-refractivity contribution in [2.75, 3.05) is 30.0 Å². The number of hydrogen-bond acceptors (Lipinski definition) is 5. The molecule has 3 aromatic rings. The number of aliphatic hydroxyl groups excluding tert-OH is 2. The number of amides is 1. The van der Waals surface area contributed by atoms with E-state index in [1.54, 1.807) is 17.9 Å². The number of anilines is 2. The fraction of sp³-hybridized carbons (Fsp3) is 0.400. The van der Waals surface area contributed by atoms with Crippen LogP contribution in [0.3, 0.4) is 0 Å². The van der Waals surface area contributed by atoms with E-state index in [0.717, 1.165) is 4.90 Å². The quantitative estimate of drug-likeness (QED) is 0.329. The molecule has 43 heavy (non-hydrogen) atoms. The van der Waals surface area contributed by atoms with Gasteiger partial charge in [0.05, 0.1) is 47.2 Å². The van der Waals surface area contributed by atoms with Gasteiger partial charge in [-0.2, -0.15) is 26.3 Å². The van der Waals surface area contributed by atoms with Gasteiger partial charge < -0.3 is 20.0 Å². The van der Waals surface area contributed by atoms with Gasteiger partial charge in [-0.25, -0.2) is 9.37 Å². The molecule has 0 bridgehead atoms. The molecule has 1 amide bonds. The predicted octanol–water partition coefficient (Wildman–Crippen LogP) is 6.11. The molecule has 1 saturated heterocycles. The van der Waals surface area contributed by atoms with E-state index in [4.69, 9.17) is 0 Å². The van der Waals surface area contributed by atoms with E-state index in [0.29, 0.717) is 47.6 Å². The summed E-state index contributed by atoms with van der Waals surface area (Å²) in [5, 5.41) is 20.1. The van der Waals surface area contributed by atoms with Gasteiger partial charge >= 0.3 is 12.4 Å². The molecule has 4 rings (SSSR count). The monoisotopic (exact) mass is 613 g/mol. The van der Waals surface area contributed by atoms with Crippen LogP contribution >= 0.6 is 0 Å². The van der Waals surface area contributed by atoms with Gasteiger partial charge in [0.25, 0.3) is 0 Å². The Balaban J connectivity index is 1.84. The second-order valence-electron chi connectivity index (χ2n) is 11.1. The second-order valence-corrected chi connectivity index (χ2v) is 11.1. The molecule has 2 heterocycles. The van der Waals surface area contributed by atoms with E-state index >= 15 is 0 Å². The first-order valence-electron chi connectivity index (χ1n) is 13.3. The highest BCUT2D eigenvalue weighted by atomic mass is 19.4. The highest BCUT2D eigenvalue weighted by Crippen LogP contribution is 2.41. The Morgan fingerprint density at radius 3 is 2.09 bits per heavy atom. The third kappa shape index (κ3) is 6.32. The summed E-state index contributed by atoms with van der Waals surface area (Å²) in [4.78, 5) is 21.1. The molecular weight excluding hydrogens is 583 g/mol. The van der Waals surface area contributed by atoms with Gasteiger partial charge in [-0.1, -0.05) is 6.07 Å². The number of pyridine rings is 1. The molecule has 6 nitrogen and oxygen atoms in total. The number of halogens is 7. The van der Waals surface area contributed by atoms with Gasteiger partial charge in [-0.3, -0.25) is 4.79 Å². The topological polar surface area (TPSA) is 76.9 Å². The number of aryl methyl sites for hydroxylation is 1. The van der Waals surface area contributed by atoms with Gasteiger partial charge in [-0.15, -0.1) is 0 Å². The maximum atomic E-state index is 14.0. The van der Waals surface area contributed by atoms with Crippen LogP contribution in [0.15, 0.2) is 48.7 Å². The Hall–Kier alpha value is -3.71. The zero-order valence-electron chi connectivity index (χ0n) is 23.7. The van der Waals surface area contributed by atoms with Crippen molar-refractivity contribution in [1.29, 1.82) is 0 Å². The summed E-state index contributed by atoms with van der Waals surface area (Å²) in [5.41, 5.74) is -3.96. The number of benzene rings is 2. The molecule has 0 spiro atoms. The molecular formula is C30H30F7N3O3. The number of likely N-dealkylation sites (N-methyl/N-ethyl adjacent to an activating group) is 1. The minimum atomic E-state index is -5.09. The SMILES string of the molecule is Cc1cc(F)ccc1-c1cc(N2CC[C@H](O)[C@H]2CO)ncc1N(C)C(=O)C(C)(C)c1cc(C(F)(F)F)cc(C(F)(F)F)c1. The third-order valence-electron chi connectivity index (χ3n) is 7.85. The minimum absolute atomic E-state index is 0.000763. The van der Waals surface area contributed by atoms with Crippen LogP contribution in [0.2, 0.25) is 0 Å². The summed E-state index contributed by atoms with van der Waals surface area (Å²) < 4.78 is 95.4. The average molecular weight is 614 g/mol. The number of rotatable bonds is 6. The first kappa shape index (κ1) is 32.2. The first-order chi connectivity index (χ1) is 19.9. The van der Waals surface area contributed by atoms with E-state index in [1.165, 1.54) is 45.3 Å². The lowest BCUT2D eigenvalue weighted by atomic mass is 9.81. The summed E-state index contributed by atoms with van der Waals surface area (Å²) in [6.07, 6.45) is -9.33. The number of carbonyl (C=O) groups excluding carboxylic acids is 1.